The van der Waals surface area contributed by atoms with Crippen LogP contribution in [-0.4, -0.2) is 17.7 Å². The Morgan fingerprint density at radius 3 is 2.62 bits per heavy atom. The lowest BCUT2D eigenvalue weighted by atomic mass is 10.1. The van der Waals surface area contributed by atoms with Crippen molar-refractivity contribution >= 4 is 11.6 Å². The summed E-state index contributed by atoms with van der Waals surface area (Å²) >= 11 is 5.60. The van der Waals surface area contributed by atoms with Crippen molar-refractivity contribution in [1.82, 2.24) is 10.3 Å². The molecule has 0 aliphatic rings. The van der Waals surface area contributed by atoms with Crippen LogP contribution in [0.25, 0.3) is 0 Å². The Balaban J connectivity index is 2.41. The van der Waals surface area contributed by atoms with E-state index in [1.54, 1.807) is 25.3 Å². The van der Waals surface area contributed by atoms with E-state index in [0.29, 0.717) is 5.15 Å². The number of alkyl halides is 3. The fourth-order valence-corrected chi connectivity index (χ4v) is 1.30. The van der Waals surface area contributed by atoms with Crippen LogP contribution in [0.2, 0.25) is 5.15 Å². The van der Waals surface area contributed by atoms with Crippen molar-refractivity contribution in [2.75, 3.05) is 6.54 Å². The van der Waals surface area contributed by atoms with Gasteiger partial charge in [-0.2, -0.15) is 13.2 Å². The molecule has 1 atom stereocenters. The Labute approximate surface area is 96.8 Å². The van der Waals surface area contributed by atoms with E-state index in [1.807, 2.05) is 0 Å². The maximum absolute atomic E-state index is 11.9. The fourth-order valence-electron chi connectivity index (χ4n) is 1.19. The van der Waals surface area contributed by atoms with E-state index in [-0.39, 0.29) is 12.6 Å². The summed E-state index contributed by atoms with van der Waals surface area (Å²) in [4.78, 5) is 3.86. The van der Waals surface area contributed by atoms with Gasteiger partial charge in [0.1, 0.15) is 5.15 Å². The van der Waals surface area contributed by atoms with Gasteiger partial charge in [0.25, 0.3) is 0 Å². The maximum Gasteiger partial charge on any atom is 0.390 e. The van der Waals surface area contributed by atoms with Gasteiger partial charge in [0.05, 0.1) is 6.42 Å². The number of rotatable bonds is 4. The fraction of sp³-hybridized carbons (Fsp3) is 0.500. The third kappa shape index (κ3) is 4.81. The minimum absolute atomic E-state index is 0.104. The highest BCUT2D eigenvalue weighted by atomic mass is 35.5. The molecule has 1 N–H and O–H groups in total. The predicted molar refractivity (Wildman–Crippen MR) is 56.3 cm³/mol. The van der Waals surface area contributed by atoms with Crippen LogP contribution in [-0.2, 0) is 0 Å². The van der Waals surface area contributed by atoms with Crippen molar-refractivity contribution < 1.29 is 13.2 Å². The number of nitrogens with zero attached hydrogens (tertiary/aromatic N) is 1. The number of nitrogens with one attached hydrogen (secondary N) is 1. The van der Waals surface area contributed by atoms with E-state index in [4.69, 9.17) is 11.6 Å². The Morgan fingerprint density at radius 2 is 2.12 bits per heavy atom. The third-order valence-electron chi connectivity index (χ3n) is 2.11. The molecule has 1 unspecified atom stereocenters. The van der Waals surface area contributed by atoms with Gasteiger partial charge >= 0.3 is 6.18 Å². The number of halogens is 4. The summed E-state index contributed by atoms with van der Waals surface area (Å²) < 4.78 is 35.7. The molecular weight excluding hydrogens is 241 g/mol. The molecule has 6 heteroatoms. The number of pyridine rings is 1. The maximum atomic E-state index is 11.9. The summed E-state index contributed by atoms with van der Waals surface area (Å²) in [5.74, 6) is 0. The SMILES string of the molecule is CC(NCCC(F)(F)F)c1ccc(Cl)nc1. The van der Waals surface area contributed by atoms with Crippen LogP contribution < -0.4 is 5.32 Å². The smallest absolute Gasteiger partial charge is 0.310 e. The number of hydrogen-bond donors (Lipinski definition) is 1. The van der Waals surface area contributed by atoms with Crippen LogP contribution in [0, 0.1) is 0 Å². The average molecular weight is 253 g/mol. The lowest BCUT2D eigenvalue weighted by Gasteiger charge is -2.14. The summed E-state index contributed by atoms with van der Waals surface area (Å²) in [6, 6.07) is 3.17. The largest absolute Gasteiger partial charge is 0.390 e. The first kappa shape index (κ1) is 13.3. The van der Waals surface area contributed by atoms with Gasteiger partial charge in [-0.1, -0.05) is 17.7 Å². The first-order chi connectivity index (χ1) is 7.38. The average Bonchev–Trinajstić information content (AvgIpc) is 2.16. The minimum atomic E-state index is -4.12. The van der Waals surface area contributed by atoms with Gasteiger partial charge in [-0.25, -0.2) is 4.98 Å². The molecule has 0 radical (unpaired) electrons. The van der Waals surface area contributed by atoms with Gasteiger partial charge in [0.2, 0.25) is 0 Å². The van der Waals surface area contributed by atoms with Crippen LogP contribution in [0.15, 0.2) is 18.3 Å². The molecule has 16 heavy (non-hydrogen) atoms. The molecule has 0 amide bonds. The van der Waals surface area contributed by atoms with Gasteiger partial charge in [-0.3, -0.25) is 0 Å². The zero-order valence-corrected chi connectivity index (χ0v) is 9.44. The molecule has 0 saturated heterocycles. The van der Waals surface area contributed by atoms with Gasteiger partial charge in [-0.05, 0) is 18.6 Å². The van der Waals surface area contributed by atoms with Crippen LogP contribution >= 0.6 is 11.6 Å². The summed E-state index contributed by atoms with van der Waals surface area (Å²) in [5, 5.41) is 3.14. The first-order valence-corrected chi connectivity index (χ1v) is 5.18. The minimum Gasteiger partial charge on any atom is -0.310 e. The summed E-state index contributed by atoms with van der Waals surface area (Å²) in [7, 11) is 0. The highest BCUT2D eigenvalue weighted by Crippen LogP contribution is 2.19. The lowest BCUT2D eigenvalue weighted by molar-refractivity contribution is -0.133. The van der Waals surface area contributed by atoms with Crippen molar-refractivity contribution in [3.8, 4) is 0 Å². The molecule has 90 valence electrons. The Morgan fingerprint density at radius 1 is 1.44 bits per heavy atom. The zero-order chi connectivity index (χ0) is 12.2. The molecule has 0 aliphatic heterocycles. The van der Waals surface area contributed by atoms with E-state index in [1.165, 1.54) is 0 Å². The molecule has 1 rings (SSSR count). The van der Waals surface area contributed by atoms with Crippen LogP contribution in [0.5, 0.6) is 0 Å². The predicted octanol–water partition coefficient (Wildman–Crippen LogP) is 3.34. The van der Waals surface area contributed by atoms with Crippen LogP contribution in [0.4, 0.5) is 13.2 Å². The molecule has 0 spiro atoms. The van der Waals surface area contributed by atoms with Crippen molar-refractivity contribution in [3.05, 3.63) is 29.0 Å². The molecule has 0 saturated carbocycles. The highest BCUT2D eigenvalue weighted by Gasteiger charge is 2.26. The molecule has 0 fully saturated rings. The van der Waals surface area contributed by atoms with E-state index in [9.17, 15) is 13.2 Å². The molecule has 2 nitrogen and oxygen atoms in total. The normalized spacial score (nSPS) is 13.8. The molecule has 1 aromatic rings. The van der Waals surface area contributed by atoms with Crippen LogP contribution in [0.3, 0.4) is 0 Å². The number of aromatic nitrogens is 1. The van der Waals surface area contributed by atoms with Gasteiger partial charge in [0, 0.05) is 18.8 Å². The highest BCUT2D eigenvalue weighted by molar-refractivity contribution is 6.29. The molecule has 0 aliphatic carbocycles. The molecule has 0 bridgehead atoms. The summed E-state index contributed by atoms with van der Waals surface area (Å²) in [6.07, 6.45) is -3.41. The van der Waals surface area contributed by atoms with Crippen molar-refractivity contribution in [1.29, 1.82) is 0 Å². The Hall–Kier alpha value is -0.810. The summed E-state index contributed by atoms with van der Waals surface area (Å²) in [5.41, 5.74) is 0.812. The Bertz CT molecular complexity index is 324. The standard InChI is InChI=1S/C10H12ClF3N2/c1-7(15-5-4-10(12,13)14)8-2-3-9(11)16-6-8/h2-3,6-7,15H,4-5H2,1H3. The Kier molecular flexibility index (Phi) is 4.56. The van der Waals surface area contributed by atoms with Gasteiger partial charge in [0.15, 0.2) is 0 Å². The molecule has 0 aromatic carbocycles. The molecule has 1 heterocycles. The molecular formula is C10H12ClF3N2. The quantitative estimate of drug-likeness (QED) is 0.832. The zero-order valence-electron chi connectivity index (χ0n) is 8.68. The van der Waals surface area contributed by atoms with E-state index >= 15 is 0 Å². The van der Waals surface area contributed by atoms with Crippen molar-refractivity contribution in [2.24, 2.45) is 0 Å². The first-order valence-electron chi connectivity index (χ1n) is 4.80. The third-order valence-corrected chi connectivity index (χ3v) is 2.33. The van der Waals surface area contributed by atoms with Crippen LogP contribution in [0.1, 0.15) is 24.9 Å². The van der Waals surface area contributed by atoms with E-state index in [2.05, 4.69) is 10.3 Å². The van der Waals surface area contributed by atoms with Gasteiger partial charge in [-0.15, -0.1) is 0 Å². The monoisotopic (exact) mass is 252 g/mol. The topological polar surface area (TPSA) is 24.9 Å². The summed E-state index contributed by atoms with van der Waals surface area (Å²) in [6.45, 7) is 1.68. The second-order valence-corrected chi connectivity index (χ2v) is 3.84. The lowest BCUT2D eigenvalue weighted by Crippen LogP contribution is -2.24. The second kappa shape index (κ2) is 5.50. The van der Waals surface area contributed by atoms with E-state index < -0.39 is 12.6 Å². The second-order valence-electron chi connectivity index (χ2n) is 3.46. The molecule has 1 aromatic heterocycles. The van der Waals surface area contributed by atoms with Gasteiger partial charge < -0.3 is 5.32 Å². The van der Waals surface area contributed by atoms with E-state index in [0.717, 1.165) is 5.56 Å². The van der Waals surface area contributed by atoms with Crippen molar-refractivity contribution in [3.63, 3.8) is 0 Å². The number of hydrogen-bond acceptors (Lipinski definition) is 2. The van der Waals surface area contributed by atoms with Crippen molar-refractivity contribution in [2.45, 2.75) is 25.6 Å².